The molecular weight excluding hydrogens is 270 g/mol. The van der Waals surface area contributed by atoms with E-state index in [1.54, 1.807) is 12.3 Å². The Morgan fingerprint density at radius 1 is 1.42 bits per heavy atom. The van der Waals surface area contributed by atoms with Crippen LogP contribution in [0.25, 0.3) is 0 Å². The molecule has 0 fully saturated rings. The lowest BCUT2D eigenvalue weighted by Gasteiger charge is -2.19. The molecule has 1 heterocycles. The number of primary amides is 1. The van der Waals surface area contributed by atoms with E-state index in [0.29, 0.717) is 5.03 Å². The Hall–Kier alpha value is -2.09. The monoisotopic (exact) mass is 283 g/mol. The van der Waals surface area contributed by atoms with Crippen LogP contribution >= 0.6 is 11.8 Å². The molecule has 19 heavy (non-hydrogen) atoms. The fraction of sp³-hybridized carbons (Fsp3) is 0.273. The van der Waals surface area contributed by atoms with Gasteiger partial charge in [0.1, 0.15) is 18.1 Å². The van der Waals surface area contributed by atoms with Crippen LogP contribution in [0.3, 0.4) is 0 Å². The summed E-state index contributed by atoms with van der Waals surface area (Å²) in [6.45, 7) is -1.04. The summed E-state index contributed by atoms with van der Waals surface area (Å²) in [7, 11) is 0. The number of aromatic nitrogens is 1. The maximum absolute atomic E-state index is 12.2. The number of carbonyl (C=O) groups excluding carboxylic acids is 2. The normalized spacial score (nSPS) is 9.95. The molecule has 8 heteroatoms. The van der Waals surface area contributed by atoms with E-state index >= 15 is 0 Å². The number of nitrogens with zero attached hydrogens (tertiary/aromatic N) is 2. The zero-order valence-electron chi connectivity index (χ0n) is 10.2. The molecule has 102 valence electrons. The Morgan fingerprint density at radius 2 is 2.11 bits per heavy atom. The SMILES string of the molecule is CSc1ncccc1C(=O)N(CC(N)=O)CC(=O)O. The third-order valence-electron chi connectivity index (χ3n) is 2.15. The maximum Gasteiger partial charge on any atom is 0.323 e. The first-order valence-corrected chi connectivity index (χ1v) is 6.46. The minimum Gasteiger partial charge on any atom is -0.480 e. The minimum atomic E-state index is -1.22. The van der Waals surface area contributed by atoms with Gasteiger partial charge in [0.2, 0.25) is 5.91 Å². The van der Waals surface area contributed by atoms with Crippen LogP contribution in [0, 0.1) is 0 Å². The number of amides is 2. The molecule has 7 nitrogen and oxygen atoms in total. The average Bonchev–Trinajstić information content (AvgIpc) is 2.36. The lowest BCUT2D eigenvalue weighted by molar-refractivity contribution is -0.138. The van der Waals surface area contributed by atoms with Crippen LogP contribution in [-0.2, 0) is 9.59 Å². The topological polar surface area (TPSA) is 114 Å². The fourth-order valence-electron chi connectivity index (χ4n) is 1.44. The van der Waals surface area contributed by atoms with Gasteiger partial charge in [-0.05, 0) is 18.4 Å². The number of rotatable bonds is 6. The van der Waals surface area contributed by atoms with Crippen LogP contribution in [0.2, 0.25) is 0 Å². The van der Waals surface area contributed by atoms with Gasteiger partial charge in [-0.2, -0.15) is 0 Å². The number of hydrogen-bond donors (Lipinski definition) is 2. The molecule has 0 saturated carbocycles. The van der Waals surface area contributed by atoms with E-state index in [4.69, 9.17) is 10.8 Å². The highest BCUT2D eigenvalue weighted by atomic mass is 32.2. The van der Waals surface area contributed by atoms with Gasteiger partial charge in [0.15, 0.2) is 0 Å². The van der Waals surface area contributed by atoms with Crippen LogP contribution in [0.1, 0.15) is 10.4 Å². The molecule has 0 unspecified atom stereocenters. The van der Waals surface area contributed by atoms with Crippen molar-refractivity contribution in [3.63, 3.8) is 0 Å². The van der Waals surface area contributed by atoms with Gasteiger partial charge >= 0.3 is 5.97 Å². The van der Waals surface area contributed by atoms with Crippen molar-refractivity contribution < 1.29 is 19.5 Å². The number of thioether (sulfide) groups is 1. The largest absolute Gasteiger partial charge is 0.480 e. The average molecular weight is 283 g/mol. The maximum atomic E-state index is 12.2. The number of carboxylic acid groups (broad SMARTS) is 1. The van der Waals surface area contributed by atoms with Crippen molar-refractivity contribution in [1.82, 2.24) is 9.88 Å². The second kappa shape index (κ2) is 6.74. The molecular formula is C11H13N3O4S. The summed E-state index contributed by atoms with van der Waals surface area (Å²) in [5, 5.41) is 9.22. The number of nitrogens with two attached hydrogens (primary N) is 1. The molecule has 0 atom stereocenters. The van der Waals surface area contributed by atoms with Crippen LogP contribution in [-0.4, -0.2) is 52.1 Å². The fourth-order valence-corrected chi connectivity index (χ4v) is 1.98. The van der Waals surface area contributed by atoms with Gasteiger partial charge in [0, 0.05) is 6.20 Å². The standard InChI is InChI=1S/C11H13N3O4S/c1-19-10-7(3-2-4-13-10)11(18)14(5-8(12)15)6-9(16)17/h2-4H,5-6H2,1H3,(H2,12,15)(H,16,17). The van der Waals surface area contributed by atoms with E-state index in [0.717, 1.165) is 4.90 Å². The Labute approximate surface area is 113 Å². The molecule has 2 amide bonds. The van der Waals surface area contributed by atoms with E-state index in [2.05, 4.69) is 4.98 Å². The zero-order chi connectivity index (χ0) is 14.4. The van der Waals surface area contributed by atoms with Crippen molar-refractivity contribution in [2.24, 2.45) is 5.73 Å². The molecule has 0 aliphatic heterocycles. The van der Waals surface area contributed by atoms with Gasteiger partial charge in [0.25, 0.3) is 5.91 Å². The number of carboxylic acids is 1. The molecule has 0 aliphatic carbocycles. The van der Waals surface area contributed by atoms with Gasteiger partial charge in [-0.3, -0.25) is 14.4 Å². The lowest BCUT2D eigenvalue weighted by atomic mass is 10.2. The minimum absolute atomic E-state index is 0.248. The summed E-state index contributed by atoms with van der Waals surface area (Å²) in [5.41, 5.74) is 5.26. The van der Waals surface area contributed by atoms with Crippen LogP contribution < -0.4 is 5.73 Å². The van der Waals surface area contributed by atoms with Crippen molar-refractivity contribution in [1.29, 1.82) is 0 Å². The summed E-state index contributed by atoms with van der Waals surface area (Å²) in [6.07, 6.45) is 3.27. The Balaban J connectivity index is 3.04. The molecule has 3 N–H and O–H groups in total. The summed E-state index contributed by atoms with van der Waals surface area (Å²) in [5.74, 6) is -2.58. The Bertz CT molecular complexity index is 490. The zero-order valence-corrected chi connectivity index (χ0v) is 11.0. The second-order valence-electron chi connectivity index (χ2n) is 3.58. The quantitative estimate of drug-likeness (QED) is 0.700. The van der Waals surface area contributed by atoms with E-state index in [9.17, 15) is 14.4 Å². The number of pyridine rings is 1. The Kier molecular flexibility index (Phi) is 5.31. The molecule has 0 bridgehead atoms. The van der Waals surface area contributed by atoms with Crippen LogP contribution in [0.5, 0.6) is 0 Å². The highest BCUT2D eigenvalue weighted by molar-refractivity contribution is 7.98. The number of hydrogen-bond acceptors (Lipinski definition) is 5. The van der Waals surface area contributed by atoms with Gasteiger partial charge in [-0.1, -0.05) is 0 Å². The molecule has 1 rings (SSSR count). The summed E-state index contributed by atoms with van der Waals surface area (Å²) < 4.78 is 0. The van der Waals surface area contributed by atoms with E-state index < -0.39 is 30.9 Å². The second-order valence-corrected chi connectivity index (χ2v) is 4.38. The molecule has 0 aromatic carbocycles. The number of carbonyl (C=O) groups is 3. The summed E-state index contributed by atoms with van der Waals surface area (Å²) in [6, 6.07) is 3.09. The van der Waals surface area contributed by atoms with Gasteiger partial charge in [-0.25, -0.2) is 4.98 Å². The van der Waals surface area contributed by atoms with Gasteiger partial charge < -0.3 is 15.7 Å². The summed E-state index contributed by atoms with van der Waals surface area (Å²) in [4.78, 5) is 38.7. The van der Waals surface area contributed by atoms with E-state index in [1.165, 1.54) is 24.0 Å². The van der Waals surface area contributed by atoms with Gasteiger partial charge in [0.05, 0.1) is 5.56 Å². The highest BCUT2D eigenvalue weighted by Crippen LogP contribution is 2.18. The Morgan fingerprint density at radius 3 is 2.63 bits per heavy atom. The van der Waals surface area contributed by atoms with Crippen molar-refractivity contribution in [2.45, 2.75) is 5.03 Å². The molecule has 1 aromatic rings. The number of aliphatic carboxylic acids is 1. The summed E-state index contributed by atoms with van der Waals surface area (Å²) >= 11 is 1.26. The third kappa shape index (κ3) is 4.25. The van der Waals surface area contributed by atoms with Crippen molar-refractivity contribution >= 4 is 29.5 Å². The smallest absolute Gasteiger partial charge is 0.323 e. The van der Waals surface area contributed by atoms with E-state index in [-0.39, 0.29) is 5.56 Å². The molecule has 1 aromatic heterocycles. The van der Waals surface area contributed by atoms with Gasteiger partial charge in [-0.15, -0.1) is 11.8 Å². The lowest BCUT2D eigenvalue weighted by Crippen LogP contribution is -2.41. The van der Waals surface area contributed by atoms with E-state index in [1.807, 2.05) is 0 Å². The van der Waals surface area contributed by atoms with Crippen molar-refractivity contribution in [3.8, 4) is 0 Å². The first-order valence-electron chi connectivity index (χ1n) is 5.24. The molecule has 0 radical (unpaired) electrons. The van der Waals surface area contributed by atoms with Crippen molar-refractivity contribution in [2.75, 3.05) is 19.3 Å². The predicted octanol–water partition coefficient (Wildman–Crippen LogP) is -0.184. The highest BCUT2D eigenvalue weighted by Gasteiger charge is 2.22. The third-order valence-corrected chi connectivity index (χ3v) is 2.87. The van der Waals surface area contributed by atoms with Crippen LogP contribution in [0.15, 0.2) is 23.4 Å². The first kappa shape index (κ1) is 15.0. The molecule has 0 aliphatic rings. The van der Waals surface area contributed by atoms with Crippen molar-refractivity contribution in [3.05, 3.63) is 23.9 Å². The predicted molar refractivity (Wildman–Crippen MR) is 68.8 cm³/mol. The first-order chi connectivity index (χ1) is 8.95. The molecule has 0 spiro atoms. The molecule has 0 saturated heterocycles. The van der Waals surface area contributed by atoms with Crippen LogP contribution in [0.4, 0.5) is 0 Å².